The summed E-state index contributed by atoms with van der Waals surface area (Å²) in [5, 5.41) is 9.53. The first-order valence-electron chi connectivity index (χ1n) is 8.66. The molecular formula is C23H19NO2. The number of aromatic hydroxyl groups is 1. The van der Waals surface area contributed by atoms with Crippen LogP contribution in [0.2, 0.25) is 0 Å². The van der Waals surface area contributed by atoms with Crippen molar-refractivity contribution in [3.05, 3.63) is 96.4 Å². The maximum Gasteiger partial charge on any atom is 0.226 e. The molecule has 0 atom stereocenters. The average molecular weight is 341 g/mol. The third-order valence-corrected chi connectivity index (χ3v) is 4.37. The van der Waals surface area contributed by atoms with Crippen molar-refractivity contribution >= 4 is 0 Å². The SMILES string of the molecule is Oc1cccc(CCc2coc(-c3ccc(-c4ccccc4)cc3)n2)c1. The highest BCUT2D eigenvalue weighted by atomic mass is 16.3. The van der Waals surface area contributed by atoms with E-state index in [4.69, 9.17) is 4.42 Å². The molecule has 1 aromatic heterocycles. The molecule has 0 amide bonds. The van der Waals surface area contributed by atoms with Crippen molar-refractivity contribution in [3.8, 4) is 28.3 Å². The number of benzene rings is 3. The lowest BCUT2D eigenvalue weighted by Gasteiger charge is -2.02. The van der Waals surface area contributed by atoms with Crippen molar-refractivity contribution in [2.45, 2.75) is 12.8 Å². The minimum absolute atomic E-state index is 0.293. The zero-order valence-electron chi connectivity index (χ0n) is 14.3. The molecule has 128 valence electrons. The second kappa shape index (κ2) is 7.28. The van der Waals surface area contributed by atoms with Gasteiger partial charge in [0.1, 0.15) is 12.0 Å². The number of aromatic nitrogens is 1. The van der Waals surface area contributed by atoms with Crippen molar-refractivity contribution in [1.82, 2.24) is 4.98 Å². The Hall–Kier alpha value is -3.33. The fourth-order valence-electron chi connectivity index (χ4n) is 2.97. The van der Waals surface area contributed by atoms with E-state index >= 15 is 0 Å². The Morgan fingerprint density at radius 3 is 2.23 bits per heavy atom. The molecule has 0 fully saturated rings. The standard InChI is InChI=1S/C23H19NO2/c25-22-8-4-5-17(15-22)9-14-21-16-26-23(24-21)20-12-10-19(11-13-20)18-6-2-1-3-7-18/h1-8,10-13,15-16,25H,9,14H2. The van der Waals surface area contributed by atoms with Gasteiger partial charge in [-0.2, -0.15) is 0 Å². The van der Waals surface area contributed by atoms with Gasteiger partial charge >= 0.3 is 0 Å². The summed E-state index contributed by atoms with van der Waals surface area (Å²) in [5.41, 5.74) is 5.33. The normalized spacial score (nSPS) is 10.8. The molecule has 0 saturated carbocycles. The number of nitrogens with zero attached hydrogens (tertiary/aromatic N) is 1. The van der Waals surface area contributed by atoms with Gasteiger partial charge in [0.15, 0.2) is 0 Å². The maximum absolute atomic E-state index is 9.53. The van der Waals surface area contributed by atoms with Gasteiger partial charge in [-0.1, -0.05) is 54.6 Å². The first-order chi connectivity index (χ1) is 12.8. The highest BCUT2D eigenvalue weighted by molar-refractivity contribution is 5.67. The van der Waals surface area contributed by atoms with Crippen molar-refractivity contribution in [1.29, 1.82) is 0 Å². The summed E-state index contributed by atoms with van der Waals surface area (Å²) in [5.74, 6) is 0.928. The lowest BCUT2D eigenvalue weighted by atomic mass is 10.0. The van der Waals surface area contributed by atoms with Crippen LogP contribution in [0.1, 0.15) is 11.3 Å². The summed E-state index contributed by atoms with van der Waals surface area (Å²) >= 11 is 0. The number of aryl methyl sites for hydroxylation is 2. The third kappa shape index (κ3) is 3.67. The van der Waals surface area contributed by atoms with Crippen LogP contribution < -0.4 is 0 Å². The van der Waals surface area contributed by atoms with Crippen LogP contribution in [-0.2, 0) is 12.8 Å². The Kier molecular flexibility index (Phi) is 4.52. The zero-order chi connectivity index (χ0) is 17.8. The molecular weight excluding hydrogens is 322 g/mol. The van der Waals surface area contributed by atoms with E-state index in [9.17, 15) is 5.11 Å². The molecule has 0 aliphatic carbocycles. The molecule has 0 radical (unpaired) electrons. The van der Waals surface area contributed by atoms with Crippen LogP contribution in [0.3, 0.4) is 0 Å². The van der Waals surface area contributed by atoms with Gasteiger partial charge in [-0.3, -0.25) is 0 Å². The molecule has 3 aromatic carbocycles. The predicted molar refractivity (Wildman–Crippen MR) is 103 cm³/mol. The minimum Gasteiger partial charge on any atom is -0.508 e. The number of hydrogen-bond donors (Lipinski definition) is 1. The number of oxazole rings is 1. The second-order valence-electron chi connectivity index (χ2n) is 6.26. The van der Waals surface area contributed by atoms with E-state index in [1.807, 2.05) is 42.5 Å². The third-order valence-electron chi connectivity index (χ3n) is 4.37. The van der Waals surface area contributed by atoms with Crippen molar-refractivity contribution in [2.24, 2.45) is 0 Å². The predicted octanol–water partition coefficient (Wildman–Crippen LogP) is 5.50. The summed E-state index contributed by atoms with van der Waals surface area (Å²) < 4.78 is 5.65. The zero-order valence-corrected chi connectivity index (χ0v) is 14.3. The van der Waals surface area contributed by atoms with Gasteiger partial charge in [-0.25, -0.2) is 4.98 Å². The summed E-state index contributed by atoms with van der Waals surface area (Å²) in [7, 11) is 0. The van der Waals surface area contributed by atoms with Gasteiger partial charge in [0.2, 0.25) is 5.89 Å². The number of hydrogen-bond acceptors (Lipinski definition) is 3. The fourth-order valence-corrected chi connectivity index (χ4v) is 2.97. The summed E-state index contributed by atoms with van der Waals surface area (Å²) in [6.45, 7) is 0. The Morgan fingerprint density at radius 1 is 0.731 bits per heavy atom. The van der Waals surface area contributed by atoms with Crippen LogP contribution in [0.4, 0.5) is 0 Å². The monoisotopic (exact) mass is 341 g/mol. The number of rotatable bonds is 5. The Labute approximate surface area is 152 Å². The van der Waals surface area contributed by atoms with Crippen LogP contribution in [-0.4, -0.2) is 10.1 Å². The van der Waals surface area contributed by atoms with Crippen molar-refractivity contribution in [3.63, 3.8) is 0 Å². The Morgan fingerprint density at radius 2 is 1.46 bits per heavy atom. The molecule has 0 aliphatic heterocycles. The summed E-state index contributed by atoms with van der Waals surface area (Å²) in [4.78, 5) is 4.59. The first kappa shape index (κ1) is 16.2. The van der Waals surface area contributed by atoms with E-state index in [0.29, 0.717) is 11.6 Å². The van der Waals surface area contributed by atoms with Crippen molar-refractivity contribution < 1.29 is 9.52 Å². The maximum atomic E-state index is 9.53. The van der Waals surface area contributed by atoms with Gasteiger partial charge < -0.3 is 9.52 Å². The molecule has 26 heavy (non-hydrogen) atoms. The van der Waals surface area contributed by atoms with Gasteiger partial charge in [0, 0.05) is 5.56 Å². The summed E-state index contributed by atoms with van der Waals surface area (Å²) in [6, 6.07) is 25.8. The van der Waals surface area contributed by atoms with Crippen LogP contribution in [0.15, 0.2) is 89.5 Å². The molecule has 0 aliphatic rings. The minimum atomic E-state index is 0.293. The lowest BCUT2D eigenvalue weighted by molar-refractivity contribution is 0.474. The molecule has 1 heterocycles. The number of phenolic OH excluding ortho intramolecular Hbond substituents is 1. The van der Waals surface area contributed by atoms with E-state index in [1.54, 1.807) is 18.4 Å². The molecule has 0 bridgehead atoms. The molecule has 4 rings (SSSR count). The van der Waals surface area contributed by atoms with Gasteiger partial charge in [-0.05, 0) is 53.8 Å². The molecule has 3 nitrogen and oxygen atoms in total. The highest BCUT2D eigenvalue weighted by Crippen LogP contribution is 2.24. The molecule has 0 saturated heterocycles. The van der Waals surface area contributed by atoms with Crippen LogP contribution in [0.25, 0.3) is 22.6 Å². The second-order valence-corrected chi connectivity index (χ2v) is 6.26. The topological polar surface area (TPSA) is 46.3 Å². The van der Waals surface area contributed by atoms with E-state index in [1.165, 1.54) is 11.1 Å². The van der Waals surface area contributed by atoms with Gasteiger partial charge in [0.05, 0.1) is 5.69 Å². The largest absolute Gasteiger partial charge is 0.508 e. The summed E-state index contributed by atoms with van der Waals surface area (Å²) in [6.07, 6.45) is 3.30. The first-order valence-corrected chi connectivity index (χ1v) is 8.66. The van der Waals surface area contributed by atoms with E-state index in [2.05, 4.69) is 29.2 Å². The van der Waals surface area contributed by atoms with E-state index < -0.39 is 0 Å². The van der Waals surface area contributed by atoms with Crippen LogP contribution >= 0.6 is 0 Å². The molecule has 0 unspecified atom stereocenters. The molecule has 1 N–H and O–H groups in total. The lowest BCUT2D eigenvalue weighted by Crippen LogP contribution is -1.91. The van der Waals surface area contributed by atoms with Crippen LogP contribution in [0.5, 0.6) is 5.75 Å². The molecule has 4 aromatic rings. The number of phenols is 1. The van der Waals surface area contributed by atoms with Crippen molar-refractivity contribution in [2.75, 3.05) is 0 Å². The smallest absolute Gasteiger partial charge is 0.226 e. The molecule has 3 heteroatoms. The van der Waals surface area contributed by atoms with E-state index in [-0.39, 0.29) is 0 Å². The fraction of sp³-hybridized carbons (Fsp3) is 0.0870. The van der Waals surface area contributed by atoms with Gasteiger partial charge in [-0.15, -0.1) is 0 Å². The van der Waals surface area contributed by atoms with Crippen LogP contribution in [0, 0.1) is 0 Å². The Balaban J connectivity index is 1.46. The van der Waals surface area contributed by atoms with E-state index in [0.717, 1.165) is 29.7 Å². The highest BCUT2D eigenvalue weighted by Gasteiger charge is 2.08. The molecule has 0 spiro atoms. The quantitative estimate of drug-likeness (QED) is 0.521. The average Bonchev–Trinajstić information content (AvgIpc) is 3.16. The van der Waals surface area contributed by atoms with Gasteiger partial charge in [0.25, 0.3) is 0 Å². The Bertz CT molecular complexity index is 988.